The van der Waals surface area contributed by atoms with Gasteiger partial charge in [-0.25, -0.2) is 0 Å². The van der Waals surface area contributed by atoms with E-state index in [4.69, 9.17) is 10.3 Å². The zero-order valence-electron chi connectivity index (χ0n) is 17.5. The third kappa shape index (κ3) is 5.11. The van der Waals surface area contributed by atoms with Crippen LogP contribution in [-0.4, -0.2) is 43.5 Å². The van der Waals surface area contributed by atoms with Gasteiger partial charge in [-0.3, -0.25) is 9.45 Å². The first kappa shape index (κ1) is 22.8. The molecular formula is C22H34N2O3S. The third-order valence-electron chi connectivity index (χ3n) is 6.11. The van der Waals surface area contributed by atoms with Crippen LogP contribution in [0.1, 0.15) is 39.2 Å². The van der Waals surface area contributed by atoms with Gasteiger partial charge < -0.3 is 5.73 Å². The molecule has 2 aliphatic rings. The molecule has 1 saturated carbocycles. The number of nitrogens with two attached hydrogens (primary N) is 1. The summed E-state index contributed by atoms with van der Waals surface area (Å²) < 4.78 is 29.6. The van der Waals surface area contributed by atoms with Crippen molar-refractivity contribution >= 4 is 10.1 Å². The highest BCUT2D eigenvalue weighted by molar-refractivity contribution is 7.85. The number of benzene rings is 1. The summed E-state index contributed by atoms with van der Waals surface area (Å²) in [7, 11) is -4.02. The van der Waals surface area contributed by atoms with E-state index in [2.05, 4.69) is 38.3 Å². The molecule has 156 valence electrons. The van der Waals surface area contributed by atoms with Crippen molar-refractivity contribution in [3.05, 3.63) is 54.1 Å². The predicted molar refractivity (Wildman–Crippen MR) is 115 cm³/mol. The van der Waals surface area contributed by atoms with Crippen molar-refractivity contribution < 1.29 is 13.0 Å². The van der Waals surface area contributed by atoms with Crippen LogP contribution in [0.5, 0.6) is 0 Å². The number of hydrogen-bond acceptors (Lipinski definition) is 4. The van der Waals surface area contributed by atoms with Gasteiger partial charge >= 0.3 is 0 Å². The van der Waals surface area contributed by atoms with Gasteiger partial charge in [-0.05, 0) is 31.9 Å². The molecule has 0 spiro atoms. The normalized spacial score (nSPS) is 27.1. The summed E-state index contributed by atoms with van der Waals surface area (Å²) in [4.78, 5) is 2.41. The van der Waals surface area contributed by atoms with Gasteiger partial charge in [-0.2, -0.15) is 8.42 Å². The first-order valence-corrected chi connectivity index (χ1v) is 11.2. The van der Waals surface area contributed by atoms with E-state index in [1.807, 2.05) is 13.0 Å². The predicted octanol–water partition coefficient (Wildman–Crippen LogP) is 3.81. The van der Waals surface area contributed by atoms with Crippen LogP contribution in [0.25, 0.3) is 0 Å². The lowest BCUT2D eigenvalue weighted by molar-refractivity contribution is 0.108. The molecule has 1 aromatic rings. The average Bonchev–Trinajstić information content (AvgIpc) is 2.59. The molecule has 6 heteroatoms. The van der Waals surface area contributed by atoms with Crippen LogP contribution in [0.4, 0.5) is 0 Å². The van der Waals surface area contributed by atoms with Crippen molar-refractivity contribution in [3.63, 3.8) is 0 Å². The first-order chi connectivity index (χ1) is 12.9. The maximum Gasteiger partial charge on any atom is 0.294 e. The Morgan fingerprint density at radius 1 is 1.29 bits per heavy atom. The quantitative estimate of drug-likeness (QED) is 0.589. The Kier molecular flexibility index (Phi) is 6.92. The molecule has 0 amide bonds. The van der Waals surface area contributed by atoms with E-state index in [0.29, 0.717) is 11.5 Å². The van der Waals surface area contributed by atoms with Gasteiger partial charge in [0, 0.05) is 36.5 Å². The van der Waals surface area contributed by atoms with Crippen molar-refractivity contribution in [1.82, 2.24) is 4.90 Å². The second-order valence-electron chi connectivity index (χ2n) is 8.82. The summed E-state index contributed by atoms with van der Waals surface area (Å²) in [6.07, 6.45) is 6.79. The van der Waals surface area contributed by atoms with Crippen LogP contribution in [0, 0.1) is 17.8 Å². The van der Waals surface area contributed by atoms with E-state index in [-0.39, 0.29) is 10.3 Å². The summed E-state index contributed by atoms with van der Waals surface area (Å²) in [5.74, 6) is 0. The van der Waals surface area contributed by atoms with Gasteiger partial charge in [-0.1, -0.05) is 56.2 Å². The van der Waals surface area contributed by atoms with Crippen LogP contribution >= 0.6 is 0 Å². The molecule has 1 aromatic carbocycles. The number of aryl methyl sites for hydroxylation is 1. The molecule has 0 unspecified atom stereocenters. The van der Waals surface area contributed by atoms with Crippen molar-refractivity contribution in [2.24, 2.45) is 16.6 Å². The molecule has 0 bridgehead atoms. The largest absolute Gasteiger partial charge is 0.327 e. The SMILES string of the molecule is C=CCN1CC=C2C(C)(C)[C@@H](N)CC[C@]2(C)C1.Cc1ccc(S(=O)(=O)O)cc1. The Morgan fingerprint density at radius 3 is 2.43 bits per heavy atom. The number of rotatable bonds is 3. The van der Waals surface area contributed by atoms with Crippen LogP contribution in [0.2, 0.25) is 0 Å². The molecule has 1 heterocycles. The molecule has 1 aliphatic heterocycles. The van der Waals surface area contributed by atoms with E-state index >= 15 is 0 Å². The van der Waals surface area contributed by atoms with Gasteiger partial charge in [-0.15, -0.1) is 6.58 Å². The van der Waals surface area contributed by atoms with Gasteiger partial charge in [0.2, 0.25) is 0 Å². The lowest BCUT2D eigenvalue weighted by atomic mass is 9.57. The van der Waals surface area contributed by atoms with Crippen molar-refractivity contribution in [1.29, 1.82) is 0 Å². The fourth-order valence-electron chi connectivity index (χ4n) is 4.43. The van der Waals surface area contributed by atoms with Gasteiger partial charge in [0.15, 0.2) is 0 Å². The van der Waals surface area contributed by atoms with Gasteiger partial charge in [0.1, 0.15) is 0 Å². The zero-order chi connectivity index (χ0) is 21.2. The molecule has 3 rings (SSSR count). The Hall–Kier alpha value is -1.47. The highest BCUT2D eigenvalue weighted by Gasteiger charge is 2.47. The summed E-state index contributed by atoms with van der Waals surface area (Å²) in [6.45, 7) is 15.9. The number of hydrogen-bond donors (Lipinski definition) is 2. The number of nitrogens with zero attached hydrogens (tertiary/aromatic N) is 1. The van der Waals surface area contributed by atoms with Crippen LogP contribution < -0.4 is 5.73 Å². The molecule has 0 aromatic heterocycles. The van der Waals surface area contributed by atoms with Crippen LogP contribution in [0.15, 0.2) is 53.5 Å². The Balaban J connectivity index is 0.000000221. The Bertz CT molecular complexity index is 828. The second-order valence-corrected chi connectivity index (χ2v) is 10.2. The summed E-state index contributed by atoms with van der Waals surface area (Å²) in [6, 6.07) is 6.30. The van der Waals surface area contributed by atoms with E-state index in [9.17, 15) is 8.42 Å². The summed E-state index contributed by atoms with van der Waals surface area (Å²) in [5, 5.41) is 0. The number of fused-ring (bicyclic) bond motifs is 1. The van der Waals surface area contributed by atoms with E-state index < -0.39 is 10.1 Å². The standard InChI is InChI=1S/C15H26N2.C7H8O3S/c1-5-9-17-10-7-12-14(2,3)13(16)6-8-15(12,4)11-17;1-6-2-4-7(5-3-6)11(8,9)10/h5,7,13H,1,6,8-11,16H2,2-4H3;2-5H,1H3,(H,8,9,10)/t13-,15+;/m0./s1. The molecule has 1 fully saturated rings. The highest BCUT2D eigenvalue weighted by Crippen LogP contribution is 2.51. The molecule has 1 aliphatic carbocycles. The van der Waals surface area contributed by atoms with E-state index in [0.717, 1.165) is 31.6 Å². The monoisotopic (exact) mass is 406 g/mol. The van der Waals surface area contributed by atoms with Gasteiger partial charge in [0.25, 0.3) is 10.1 Å². The molecule has 0 saturated heterocycles. The molecule has 3 N–H and O–H groups in total. The minimum Gasteiger partial charge on any atom is -0.327 e. The summed E-state index contributed by atoms with van der Waals surface area (Å²) in [5.41, 5.74) is 9.32. The van der Waals surface area contributed by atoms with E-state index in [1.165, 1.54) is 18.6 Å². The van der Waals surface area contributed by atoms with Crippen LogP contribution in [-0.2, 0) is 10.1 Å². The first-order valence-electron chi connectivity index (χ1n) is 9.74. The maximum atomic E-state index is 10.5. The maximum absolute atomic E-state index is 10.5. The van der Waals surface area contributed by atoms with Crippen LogP contribution in [0.3, 0.4) is 0 Å². The fraction of sp³-hybridized carbons (Fsp3) is 0.545. The Labute approximate surface area is 170 Å². The van der Waals surface area contributed by atoms with Crippen molar-refractivity contribution in [3.8, 4) is 0 Å². The lowest BCUT2D eigenvalue weighted by Crippen LogP contribution is -2.53. The molecule has 28 heavy (non-hydrogen) atoms. The minimum atomic E-state index is -4.02. The Morgan fingerprint density at radius 2 is 1.89 bits per heavy atom. The van der Waals surface area contributed by atoms with E-state index in [1.54, 1.807) is 17.7 Å². The summed E-state index contributed by atoms with van der Waals surface area (Å²) >= 11 is 0. The zero-order valence-corrected chi connectivity index (χ0v) is 18.3. The second kappa shape index (κ2) is 8.49. The van der Waals surface area contributed by atoms with Crippen molar-refractivity contribution in [2.45, 2.75) is 51.5 Å². The van der Waals surface area contributed by atoms with Gasteiger partial charge in [0.05, 0.1) is 4.90 Å². The smallest absolute Gasteiger partial charge is 0.294 e. The average molecular weight is 407 g/mol. The fourth-order valence-corrected chi connectivity index (χ4v) is 4.91. The lowest BCUT2D eigenvalue weighted by Gasteiger charge is -2.53. The molecule has 5 nitrogen and oxygen atoms in total. The topological polar surface area (TPSA) is 83.6 Å². The molecular weight excluding hydrogens is 372 g/mol. The van der Waals surface area contributed by atoms with Crippen molar-refractivity contribution in [2.75, 3.05) is 19.6 Å². The molecule has 0 radical (unpaired) electrons. The third-order valence-corrected chi connectivity index (χ3v) is 6.98. The minimum absolute atomic E-state index is 0.0666. The molecule has 2 atom stereocenters. The highest BCUT2D eigenvalue weighted by atomic mass is 32.2.